The topological polar surface area (TPSA) is 33.6 Å². The Bertz CT molecular complexity index is 553. The van der Waals surface area contributed by atoms with E-state index in [1.54, 1.807) is 18.2 Å². The van der Waals surface area contributed by atoms with E-state index in [1.807, 2.05) is 11.5 Å². The Balaban J connectivity index is 2.66. The van der Waals surface area contributed by atoms with Crippen molar-refractivity contribution in [1.29, 1.82) is 0 Å². The van der Waals surface area contributed by atoms with Gasteiger partial charge in [0.25, 0.3) is 0 Å². The normalized spacial score (nSPS) is 10.7. The van der Waals surface area contributed by atoms with Crippen LogP contribution in [0.4, 0.5) is 0 Å². The summed E-state index contributed by atoms with van der Waals surface area (Å²) in [7, 11) is 0. The summed E-state index contributed by atoms with van der Waals surface area (Å²) in [4.78, 5) is 0. The molecule has 3 nitrogen and oxygen atoms in total. The summed E-state index contributed by atoms with van der Waals surface area (Å²) in [6.45, 7) is 2.01. The third kappa shape index (κ3) is 2.14. The van der Waals surface area contributed by atoms with Crippen LogP contribution < -0.4 is 0 Å². The summed E-state index contributed by atoms with van der Waals surface area (Å²) in [5.41, 5.74) is 0.827. The van der Waals surface area contributed by atoms with E-state index in [1.165, 1.54) is 0 Å². The zero-order valence-electron chi connectivity index (χ0n) is 8.50. The van der Waals surface area contributed by atoms with Crippen molar-refractivity contribution < 1.29 is 0 Å². The monoisotopic (exact) mass is 273 g/mol. The van der Waals surface area contributed by atoms with Crippen molar-refractivity contribution in [3.05, 3.63) is 38.8 Å². The SMILES string of the molecule is CCc1n[nH]c(=S)n1-c1cc(Cl)cc(Cl)c1. The molecule has 0 bridgehead atoms. The molecule has 0 fully saturated rings. The summed E-state index contributed by atoms with van der Waals surface area (Å²) in [5, 5.41) is 8.04. The third-order valence-corrected chi connectivity index (χ3v) is 2.87. The number of aromatic nitrogens is 3. The largest absolute Gasteiger partial charge is 0.272 e. The second-order valence-electron chi connectivity index (χ2n) is 3.26. The van der Waals surface area contributed by atoms with Crippen molar-refractivity contribution >= 4 is 35.4 Å². The first-order valence-corrected chi connectivity index (χ1v) is 5.91. The second-order valence-corrected chi connectivity index (χ2v) is 4.52. The number of hydrogen-bond donors (Lipinski definition) is 1. The van der Waals surface area contributed by atoms with E-state index < -0.39 is 0 Å². The van der Waals surface area contributed by atoms with Gasteiger partial charge in [-0.3, -0.25) is 9.67 Å². The number of nitrogens with zero attached hydrogens (tertiary/aromatic N) is 2. The molecule has 1 heterocycles. The molecule has 6 heteroatoms. The van der Waals surface area contributed by atoms with Crippen LogP contribution in [0.5, 0.6) is 0 Å². The fourth-order valence-corrected chi connectivity index (χ4v) is 2.27. The molecule has 0 radical (unpaired) electrons. The maximum atomic E-state index is 5.95. The lowest BCUT2D eigenvalue weighted by Gasteiger charge is -2.06. The highest BCUT2D eigenvalue weighted by Crippen LogP contribution is 2.22. The molecule has 0 atom stereocenters. The second kappa shape index (κ2) is 4.57. The van der Waals surface area contributed by atoms with Gasteiger partial charge < -0.3 is 0 Å². The van der Waals surface area contributed by atoms with Gasteiger partial charge in [-0.15, -0.1) is 0 Å². The van der Waals surface area contributed by atoms with Gasteiger partial charge >= 0.3 is 0 Å². The van der Waals surface area contributed by atoms with Gasteiger partial charge in [-0.05, 0) is 30.4 Å². The molecule has 2 rings (SSSR count). The molecule has 0 unspecified atom stereocenters. The lowest BCUT2D eigenvalue weighted by atomic mass is 10.3. The number of nitrogens with one attached hydrogen (secondary N) is 1. The number of aromatic amines is 1. The summed E-state index contributed by atoms with van der Waals surface area (Å²) in [5.74, 6) is 0.850. The first kappa shape index (κ1) is 11.6. The minimum Gasteiger partial charge on any atom is -0.272 e. The zero-order chi connectivity index (χ0) is 11.7. The van der Waals surface area contributed by atoms with Gasteiger partial charge in [-0.2, -0.15) is 5.10 Å². The van der Waals surface area contributed by atoms with Gasteiger partial charge in [0, 0.05) is 16.5 Å². The predicted octanol–water partition coefficient (Wildman–Crippen LogP) is 3.80. The zero-order valence-corrected chi connectivity index (χ0v) is 10.8. The Morgan fingerprint density at radius 3 is 2.50 bits per heavy atom. The maximum Gasteiger partial charge on any atom is 0.199 e. The summed E-state index contributed by atoms with van der Waals surface area (Å²) >= 11 is 17.1. The maximum absolute atomic E-state index is 5.95. The summed E-state index contributed by atoms with van der Waals surface area (Å²) in [6, 6.07) is 5.29. The van der Waals surface area contributed by atoms with Crippen LogP contribution in [0.1, 0.15) is 12.7 Å². The van der Waals surface area contributed by atoms with E-state index in [0.717, 1.165) is 17.9 Å². The van der Waals surface area contributed by atoms with E-state index in [2.05, 4.69) is 10.2 Å². The van der Waals surface area contributed by atoms with E-state index in [-0.39, 0.29) is 0 Å². The number of rotatable bonds is 2. The number of benzene rings is 1. The highest BCUT2D eigenvalue weighted by Gasteiger charge is 2.07. The van der Waals surface area contributed by atoms with Gasteiger partial charge in [-0.25, -0.2) is 0 Å². The molecule has 1 aromatic carbocycles. The Morgan fingerprint density at radius 2 is 1.94 bits per heavy atom. The quantitative estimate of drug-likeness (QED) is 0.845. The van der Waals surface area contributed by atoms with Crippen molar-refractivity contribution in [3.63, 3.8) is 0 Å². The number of aryl methyl sites for hydroxylation is 1. The number of hydrogen-bond acceptors (Lipinski definition) is 2. The average molecular weight is 274 g/mol. The fourth-order valence-electron chi connectivity index (χ4n) is 1.50. The van der Waals surface area contributed by atoms with Crippen LogP contribution in [-0.2, 0) is 6.42 Å². The molecule has 0 spiro atoms. The minimum absolute atomic E-state index is 0.537. The standard InChI is InChI=1S/C10H9Cl2N3S/c1-2-9-13-14-10(16)15(9)8-4-6(11)3-7(12)5-8/h3-5H,2H2,1H3,(H,14,16). The predicted molar refractivity (Wildman–Crippen MR) is 68.1 cm³/mol. The first-order chi connectivity index (χ1) is 7.61. The van der Waals surface area contributed by atoms with Crippen molar-refractivity contribution in [2.24, 2.45) is 0 Å². The molecule has 0 aliphatic heterocycles. The van der Waals surface area contributed by atoms with Crippen LogP contribution in [0.25, 0.3) is 5.69 Å². The molecule has 0 aliphatic rings. The molecule has 1 aromatic heterocycles. The van der Waals surface area contributed by atoms with Crippen LogP contribution in [-0.4, -0.2) is 14.8 Å². The van der Waals surface area contributed by atoms with Crippen molar-refractivity contribution in [3.8, 4) is 5.69 Å². The molecular weight excluding hydrogens is 265 g/mol. The molecule has 16 heavy (non-hydrogen) atoms. The Labute approximate surface area is 108 Å². The van der Waals surface area contributed by atoms with E-state index in [4.69, 9.17) is 35.4 Å². The fraction of sp³-hybridized carbons (Fsp3) is 0.200. The van der Waals surface area contributed by atoms with Crippen molar-refractivity contribution in [2.75, 3.05) is 0 Å². The van der Waals surface area contributed by atoms with Crippen LogP contribution in [0, 0.1) is 4.77 Å². The smallest absolute Gasteiger partial charge is 0.199 e. The molecular formula is C10H9Cl2N3S. The van der Waals surface area contributed by atoms with Gasteiger partial charge in [0.2, 0.25) is 0 Å². The highest BCUT2D eigenvalue weighted by molar-refractivity contribution is 7.71. The lowest BCUT2D eigenvalue weighted by molar-refractivity contribution is 0.880. The summed E-state index contributed by atoms with van der Waals surface area (Å²) in [6.07, 6.45) is 0.775. The Hall–Kier alpha value is -0.840. The molecule has 0 saturated heterocycles. The van der Waals surface area contributed by atoms with E-state index in [0.29, 0.717) is 14.8 Å². The number of halogens is 2. The molecule has 0 aliphatic carbocycles. The van der Waals surface area contributed by atoms with Gasteiger partial charge in [-0.1, -0.05) is 30.1 Å². The van der Waals surface area contributed by atoms with Crippen LogP contribution in [0.15, 0.2) is 18.2 Å². The lowest BCUT2D eigenvalue weighted by Crippen LogP contribution is -2.00. The van der Waals surface area contributed by atoms with Crippen LogP contribution in [0.3, 0.4) is 0 Å². The van der Waals surface area contributed by atoms with E-state index in [9.17, 15) is 0 Å². The van der Waals surface area contributed by atoms with E-state index >= 15 is 0 Å². The number of H-pyrrole nitrogens is 1. The van der Waals surface area contributed by atoms with Crippen molar-refractivity contribution in [2.45, 2.75) is 13.3 Å². The molecule has 0 saturated carbocycles. The van der Waals surface area contributed by atoms with Crippen LogP contribution >= 0.6 is 35.4 Å². The van der Waals surface area contributed by atoms with Gasteiger partial charge in [0.05, 0.1) is 5.69 Å². The van der Waals surface area contributed by atoms with Gasteiger partial charge in [0.15, 0.2) is 4.77 Å². The molecule has 1 N–H and O–H groups in total. The highest BCUT2D eigenvalue weighted by atomic mass is 35.5. The van der Waals surface area contributed by atoms with Crippen LogP contribution in [0.2, 0.25) is 10.0 Å². The Morgan fingerprint density at radius 1 is 1.31 bits per heavy atom. The minimum atomic E-state index is 0.537. The Kier molecular flexibility index (Phi) is 3.33. The molecule has 2 aromatic rings. The molecule has 84 valence electrons. The van der Waals surface area contributed by atoms with Gasteiger partial charge in [0.1, 0.15) is 5.82 Å². The average Bonchev–Trinajstić information content (AvgIpc) is 2.58. The molecule has 0 amide bonds. The first-order valence-electron chi connectivity index (χ1n) is 4.74. The van der Waals surface area contributed by atoms with Crippen molar-refractivity contribution in [1.82, 2.24) is 14.8 Å². The third-order valence-electron chi connectivity index (χ3n) is 2.16. The summed E-state index contributed by atoms with van der Waals surface area (Å²) < 4.78 is 2.36.